The minimum Gasteiger partial charge on any atom is -0.486 e. The molecule has 0 saturated carbocycles. The molecule has 0 bridgehead atoms. The zero-order valence-electron chi connectivity index (χ0n) is 21.5. The first-order valence-electron chi connectivity index (χ1n) is 12.5. The summed E-state index contributed by atoms with van der Waals surface area (Å²) in [6.07, 6.45) is 0. The van der Waals surface area contributed by atoms with E-state index < -0.39 is 0 Å². The Hall–Kier alpha value is -3.37. The Kier molecular flexibility index (Phi) is 9.19. The maximum atomic E-state index is 12.7. The molecule has 9 nitrogen and oxygen atoms in total. The average molecular weight is 524 g/mol. The van der Waals surface area contributed by atoms with Gasteiger partial charge in [-0.25, -0.2) is 0 Å². The standard InChI is InChI=1S/C27H33N5O4S/c1-4-32-24(17-36-23-10-8-20(9-11-23)19(2)3)29-30-27(32)37-18-25(33)28-22-7-5-6-21(16-22)26(34)31-12-14-35-15-13-31/h5-11,16,19H,4,12-15,17-18H2,1-3H3,(H,28,33). The van der Waals surface area contributed by atoms with Gasteiger partial charge in [-0.05, 0) is 48.7 Å². The number of thioether (sulfide) groups is 1. The van der Waals surface area contributed by atoms with Crippen LogP contribution in [0.2, 0.25) is 0 Å². The van der Waals surface area contributed by atoms with Crippen molar-refractivity contribution < 1.29 is 19.1 Å². The molecule has 0 atom stereocenters. The quantitative estimate of drug-likeness (QED) is 0.398. The highest BCUT2D eigenvalue weighted by atomic mass is 32.2. The van der Waals surface area contributed by atoms with Crippen molar-refractivity contribution in [2.75, 3.05) is 37.4 Å². The molecule has 10 heteroatoms. The van der Waals surface area contributed by atoms with Gasteiger partial charge < -0.3 is 24.3 Å². The molecular weight excluding hydrogens is 490 g/mol. The predicted molar refractivity (Wildman–Crippen MR) is 143 cm³/mol. The van der Waals surface area contributed by atoms with Crippen LogP contribution in [-0.4, -0.2) is 63.5 Å². The molecule has 0 aliphatic carbocycles. The van der Waals surface area contributed by atoms with Crippen LogP contribution in [0.25, 0.3) is 0 Å². The molecule has 3 aromatic rings. The molecule has 0 spiro atoms. The van der Waals surface area contributed by atoms with Crippen LogP contribution in [0.4, 0.5) is 5.69 Å². The molecule has 1 fully saturated rings. The number of nitrogens with one attached hydrogen (secondary N) is 1. The van der Waals surface area contributed by atoms with Crippen molar-refractivity contribution in [3.63, 3.8) is 0 Å². The molecule has 4 rings (SSSR count). The normalized spacial score (nSPS) is 13.6. The van der Waals surface area contributed by atoms with Crippen molar-refractivity contribution in [2.24, 2.45) is 0 Å². The largest absolute Gasteiger partial charge is 0.486 e. The molecule has 37 heavy (non-hydrogen) atoms. The number of morpholine rings is 1. The summed E-state index contributed by atoms with van der Waals surface area (Å²) in [4.78, 5) is 27.1. The Labute approximate surface area is 221 Å². The minimum absolute atomic E-state index is 0.0598. The molecule has 0 unspecified atom stereocenters. The second-order valence-electron chi connectivity index (χ2n) is 8.98. The highest BCUT2D eigenvalue weighted by molar-refractivity contribution is 7.99. The maximum absolute atomic E-state index is 12.7. The molecule has 1 N–H and O–H groups in total. The van der Waals surface area contributed by atoms with Crippen molar-refractivity contribution in [2.45, 2.75) is 45.0 Å². The number of aromatic nitrogens is 3. The number of nitrogens with zero attached hydrogens (tertiary/aromatic N) is 4. The number of carbonyl (C=O) groups excluding carboxylic acids is 2. The Balaban J connectivity index is 1.30. The SMILES string of the molecule is CCn1c(COc2ccc(C(C)C)cc2)nnc1SCC(=O)Nc1cccc(C(=O)N2CCOCC2)c1. The summed E-state index contributed by atoms with van der Waals surface area (Å²) in [5.74, 6) is 1.86. The smallest absolute Gasteiger partial charge is 0.254 e. The third-order valence-electron chi connectivity index (χ3n) is 6.05. The van der Waals surface area contributed by atoms with E-state index in [0.717, 1.165) is 5.75 Å². The van der Waals surface area contributed by atoms with Crippen molar-refractivity contribution in [1.82, 2.24) is 19.7 Å². The fourth-order valence-corrected chi connectivity index (χ4v) is 4.77. The van der Waals surface area contributed by atoms with E-state index in [1.54, 1.807) is 29.2 Å². The van der Waals surface area contributed by atoms with Crippen molar-refractivity contribution in [1.29, 1.82) is 0 Å². The molecule has 2 aromatic carbocycles. The lowest BCUT2D eigenvalue weighted by Gasteiger charge is -2.27. The van der Waals surface area contributed by atoms with E-state index in [4.69, 9.17) is 9.47 Å². The van der Waals surface area contributed by atoms with Crippen LogP contribution in [0, 0.1) is 0 Å². The Bertz CT molecular complexity index is 1210. The van der Waals surface area contributed by atoms with Gasteiger partial charge in [0.2, 0.25) is 5.91 Å². The summed E-state index contributed by atoms with van der Waals surface area (Å²) in [5, 5.41) is 12.1. The summed E-state index contributed by atoms with van der Waals surface area (Å²) in [7, 11) is 0. The van der Waals surface area contributed by atoms with Crippen LogP contribution in [0.15, 0.2) is 53.7 Å². The van der Waals surface area contributed by atoms with E-state index in [0.29, 0.717) is 67.6 Å². The van der Waals surface area contributed by atoms with Gasteiger partial charge in [0, 0.05) is 30.9 Å². The fourth-order valence-electron chi connectivity index (χ4n) is 3.95. The summed E-state index contributed by atoms with van der Waals surface area (Å²) >= 11 is 1.31. The molecule has 1 aliphatic heterocycles. The highest BCUT2D eigenvalue weighted by Gasteiger charge is 2.19. The highest BCUT2D eigenvalue weighted by Crippen LogP contribution is 2.22. The Morgan fingerprint density at radius 3 is 2.57 bits per heavy atom. The Morgan fingerprint density at radius 2 is 1.86 bits per heavy atom. The summed E-state index contributed by atoms with van der Waals surface area (Å²) in [6, 6.07) is 15.1. The first-order valence-corrected chi connectivity index (χ1v) is 13.5. The van der Waals surface area contributed by atoms with E-state index in [2.05, 4.69) is 41.5 Å². The number of rotatable bonds is 10. The summed E-state index contributed by atoms with van der Waals surface area (Å²) < 4.78 is 13.2. The lowest BCUT2D eigenvalue weighted by atomic mass is 10.0. The number of amides is 2. The van der Waals surface area contributed by atoms with E-state index in [1.807, 2.05) is 23.6 Å². The van der Waals surface area contributed by atoms with Gasteiger partial charge in [0.1, 0.15) is 12.4 Å². The monoisotopic (exact) mass is 523 g/mol. The van der Waals surface area contributed by atoms with Gasteiger partial charge in [0.15, 0.2) is 11.0 Å². The van der Waals surface area contributed by atoms with Crippen LogP contribution in [-0.2, 0) is 22.7 Å². The predicted octanol–water partition coefficient (Wildman–Crippen LogP) is 4.20. The summed E-state index contributed by atoms with van der Waals surface area (Å²) in [5.41, 5.74) is 2.39. The third-order valence-corrected chi connectivity index (χ3v) is 7.02. The fraction of sp³-hybridized carbons (Fsp3) is 0.407. The molecule has 1 aromatic heterocycles. The van der Waals surface area contributed by atoms with E-state index in [1.165, 1.54) is 17.3 Å². The zero-order chi connectivity index (χ0) is 26.2. The first-order chi connectivity index (χ1) is 17.9. The van der Waals surface area contributed by atoms with Gasteiger partial charge in [-0.15, -0.1) is 10.2 Å². The number of carbonyl (C=O) groups is 2. The lowest BCUT2D eigenvalue weighted by Crippen LogP contribution is -2.40. The van der Waals surface area contributed by atoms with Crippen LogP contribution in [0.1, 0.15) is 48.4 Å². The number of anilines is 1. The molecule has 1 saturated heterocycles. The van der Waals surface area contributed by atoms with E-state index >= 15 is 0 Å². The van der Waals surface area contributed by atoms with Gasteiger partial charge in [0.25, 0.3) is 5.91 Å². The molecule has 196 valence electrons. The Morgan fingerprint density at radius 1 is 1.11 bits per heavy atom. The number of ether oxygens (including phenoxy) is 2. The van der Waals surface area contributed by atoms with Gasteiger partial charge in [0.05, 0.1) is 19.0 Å². The van der Waals surface area contributed by atoms with Crippen LogP contribution < -0.4 is 10.1 Å². The molecule has 1 aliphatic rings. The molecule has 0 radical (unpaired) electrons. The molecular formula is C27H33N5O4S. The van der Waals surface area contributed by atoms with Gasteiger partial charge >= 0.3 is 0 Å². The van der Waals surface area contributed by atoms with Crippen molar-refractivity contribution >= 4 is 29.3 Å². The van der Waals surface area contributed by atoms with Gasteiger partial charge in [-0.2, -0.15) is 0 Å². The lowest BCUT2D eigenvalue weighted by molar-refractivity contribution is -0.113. The van der Waals surface area contributed by atoms with Crippen molar-refractivity contribution in [3.05, 3.63) is 65.5 Å². The number of hydrogen-bond donors (Lipinski definition) is 1. The van der Waals surface area contributed by atoms with E-state index in [-0.39, 0.29) is 17.6 Å². The van der Waals surface area contributed by atoms with E-state index in [9.17, 15) is 9.59 Å². The minimum atomic E-state index is -0.185. The zero-order valence-corrected chi connectivity index (χ0v) is 22.3. The maximum Gasteiger partial charge on any atom is 0.254 e. The second kappa shape index (κ2) is 12.7. The van der Waals surface area contributed by atoms with Crippen molar-refractivity contribution in [3.8, 4) is 5.75 Å². The topological polar surface area (TPSA) is 98.6 Å². The summed E-state index contributed by atoms with van der Waals surface area (Å²) in [6.45, 7) is 9.50. The van der Waals surface area contributed by atoms with Crippen LogP contribution >= 0.6 is 11.8 Å². The number of hydrogen-bond acceptors (Lipinski definition) is 7. The first kappa shape index (κ1) is 26.7. The molecule has 2 amide bonds. The second-order valence-corrected chi connectivity index (χ2v) is 9.92. The van der Waals surface area contributed by atoms with Gasteiger partial charge in [-0.1, -0.05) is 43.8 Å². The average Bonchev–Trinajstić information content (AvgIpc) is 3.33. The van der Waals surface area contributed by atoms with Gasteiger partial charge in [-0.3, -0.25) is 9.59 Å². The third kappa shape index (κ3) is 7.11. The van der Waals surface area contributed by atoms with Crippen LogP contribution in [0.3, 0.4) is 0 Å². The number of benzene rings is 2. The van der Waals surface area contributed by atoms with Crippen LogP contribution in [0.5, 0.6) is 5.75 Å². The molecule has 2 heterocycles.